The monoisotopic (exact) mass is 512 g/mol. The normalized spacial score (nSPS) is 12.4. The van der Waals surface area contributed by atoms with E-state index in [2.05, 4.69) is 21.3 Å². The topological polar surface area (TPSA) is 135 Å². The molecule has 2 unspecified atom stereocenters. The van der Waals surface area contributed by atoms with Crippen molar-refractivity contribution in [3.63, 3.8) is 0 Å². The van der Waals surface area contributed by atoms with Gasteiger partial charge in [-0.25, -0.2) is 9.59 Å². The van der Waals surface area contributed by atoms with Gasteiger partial charge in [-0.2, -0.15) is 0 Å². The fourth-order valence-electron chi connectivity index (χ4n) is 3.20. The second-order valence-electron chi connectivity index (χ2n) is 9.48. The molecule has 10 nitrogen and oxygen atoms in total. The summed E-state index contributed by atoms with van der Waals surface area (Å²) in [5.74, 6) is -0.868. The molecular weight excluding hydrogens is 476 g/mol. The highest BCUT2D eigenvalue weighted by Gasteiger charge is 2.21. The van der Waals surface area contributed by atoms with Crippen LogP contribution in [0.15, 0.2) is 60.7 Å². The number of rotatable bonds is 11. The minimum Gasteiger partial charge on any atom is -0.445 e. The number of carbonyl (C=O) groups is 4. The highest BCUT2D eigenvalue weighted by atomic mass is 16.6. The summed E-state index contributed by atoms with van der Waals surface area (Å²) in [6.45, 7) is 6.63. The lowest BCUT2D eigenvalue weighted by molar-refractivity contribution is -0.124. The Morgan fingerprint density at radius 2 is 1.41 bits per heavy atom. The van der Waals surface area contributed by atoms with Crippen LogP contribution in [0.2, 0.25) is 0 Å². The van der Waals surface area contributed by atoms with Crippen molar-refractivity contribution in [1.82, 2.24) is 21.3 Å². The molecule has 4 N–H and O–H groups in total. The molecule has 0 aliphatic carbocycles. The van der Waals surface area contributed by atoms with Gasteiger partial charge in [-0.05, 0) is 45.2 Å². The number of carbonyl (C=O) groups excluding carboxylic acids is 4. The number of hydrogen-bond acceptors (Lipinski definition) is 6. The van der Waals surface area contributed by atoms with Crippen LogP contribution in [0.1, 0.15) is 38.8 Å². The van der Waals surface area contributed by atoms with Crippen molar-refractivity contribution < 1.29 is 28.7 Å². The molecule has 2 rings (SSSR count). The van der Waals surface area contributed by atoms with Gasteiger partial charge in [0.15, 0.2) is 0 Å². The Morgan fingerprint density at radius 1 is 0.811 bits per heavy atom. The number of benzene rings is 2. The van der Waals surface area contributed by atoms with E-state index in [0.29, 0.717) is 6.42 Å². The van der Waals surface area contributed by atoms with E-state index in [1.54, 1.807) is 20.8 Å². The summed E-state index contributed by atoms with van der Waals surface area (Å²) in [6, 6.07) is 17.3. The molecule has 2 aromatic carbocycles. The van der Waals surface area contributed by atoms with E-state index in [-0.39, 0.29) is 19.7 Å². The molecule has 0 spiro atoms. The van der Waals surface area contributed by atoms with Gasteiger partial charge in [-0.3, -0.25) is 9.59 Å². The Kier molecular flexibility index (Phi) is 11.4. The van der Waals surface area contributed by atoms with Crippen LogP contribution in [0.5, 0.6) is 0 Å². The van der Waals surface area contributed by atoms with Gasteiger partial charge >= 0.3 is 12.2 Å². The molecule has 2 atom stereocenters. The highest BCUT2D eigenvalue weighted by Crippen LogP contribution is 2.06. The Bertz CT molecular complexity index is 1020. The number of amides is 4. The molecule has 0 bridgehead atoms. The van der Waals surface area contributed by atoms with Crippen molar-refractivity contribution >= 4 is 24.0 Å². The molecule has 0 fully saturated rings. The van der Waals surface area contributed by atoms with Crippen LogP contribution < -0.4 is 21.3 Å². The molecule has 37 heavy (non-hydrogen) atoms. The van der Waals surface area contributed by atoms with Crippen molar-refractivity contribution in [2.45, 2.75) is 58.4 Å². The zero-order valence-corrected chi connectivity index (χ0v) is 21.7. The van der Waals surface area contributed by atoms with Crippen molar-refractivity contribution in [1.29, 1.82) is 0 Å². The summed E-state index contributed by atoms with van der Waals surface area (Å²) in [5.41, 5.74) is 1.10. The first-order valence-electron chi connectivity index (χ1n) is 12.1. The summed E-state index contributed by atoms with van der Waals surface area (Å²) in [7, 11) is 0. The number of ether oxygens (including phenoxy) is 2. The van der Waals surface area contributed by atoms with Crippen molar-refractivity contribution in [2.24, 2.45) is 0 Å². The number of nitrogens with one attached hydrogen (secondary N) is 4. The van der Waals surface area contributed by atoms with Crippen molar-refractivity contribution in [3.05, 3.63) is 71.8 Å². The average molecular weight is 513 g/mol. The Hall–Kier alpha value is -4.08. The molecule has 0 saturated carbocycles. The van der Waals surface area contributed by atoms with Gasteiger partial charge in [0.25, 0.3) is 0 Å². The molecule has 0 radical (unpaired) electrons. The van der Waals surface area contributed by atoms with Gasteiger partial charge in [-0.1, -0.05) is 60.7 Å². The molecule has 0 aromatic heterocycles. The molecule has 10 heteroatoms. The first-order valence-corrected chi connectivity index (χ1v) is 12.1. The zero-order chi connectivity index (χ0) is 27.3. The van der Waals surface area contributed by atoms with Crippen molar-refractivity contribution in [2.75, 3.05) is 13.1 Å². The van der Waals surface area contributed by atoms with Gasteiger partial charge in [-0.15, -0.1) is 0 Å². The fraction of sp³-hybridized carbons (Fsp3) is 0.407. The average Bonchev–Trinajstić information content (AvgIpc) is 2.85. The third-order valence-corrected chi connectivity index (χ3v) is 4.95. The van der Waals surface area contributed by atoms with Crippen LogP contribution in [0, 0.1) is 0 Å². The van der Waals surface area contributed by atoms with Gasteiger partial charge in [0, 0.05) is 6.54 Å². The predicted molar refractivity (Wildman–Crippen MR) is 139 cm³/mol. The summed E-state index contributed by atoms with van der Waals surface area (Å²) in [5, 5.41) is 10.5. The highest BCUT2D eigenvalue weighted by molar-refractivity contribution is 5.85. The smallest absolute Gasteiger partial charge is 0.408 e. The van der Waals surface area contributed by atoms with E-state index in [4.69, 9.17) is 9.47 Å². The Morgan fingerprint density at radius 3 is 2.00 bits per heavy atom. The summed E-state index contributed by atoms with van der Waals surface area (Å²) >= 11 is 0. The molecule has 0 aliphatic heterocycles. The molecule has 4 amide bonds. The van der Waals surface area contributed by atoms with E-state index < -0.39 is 41.7 Å². The Balaban J connectivity index is 1.85. The maximum Gasteiger partial charge on any atom is 0.408 e. The molecule has 0 saturated heterocycles. The first-order chi connectivity index (χ1) is 17.5. The first kappa shape index (κ1) is 29.2. The van der Waals surface area contributed by atoms with Gasteiger partial charge in [0.1, 0.15) is 24.8 Å². The largest absolute Gasteiger partial charge is 0.445 e. The fourth-order valence-corrected chi connectivity index (χ4v) is 3.20. The molecule has 2 aromatic rings. The zero-order valence-electron chi connectivity index (χ0n) is 21.7. The molecule has 0 heterocycles. The van der Waals surface area contributed by atoms with Crippen LogP contribution in [-0.4, -0.2) is 54.8 Å². The van der Waals surface area contributed by atoms with E-state index in [1.807, 2.05) is 60.7 Å². The summed E-state index contributed by atoms with van der Waals surface area (Å²) < 4.78 is 10.3. The molecular formula is C27H36N4O6. The van der Waals surface area contributed by atoms with E-state index in [1.165, 1.54) is 6.92 Å². The third kappa shape index (κ3) is 12.4. The quantitative estimate of drug-likeness (QED) is 0.366. The van der Waals surface area contributed by atoms with E-state index >= 15 is 0 Å². The standard InChI is InChI=1S/C27H36N4O6/c1-19(30-26(35)36-18-21-13-9-6-10-14-21)24(33)28-16-22(15-20-11-7-5-8-12-20)31-23(32)17-29-25(34)37-27(2,3)4/h5-14,19,22H,15-18H2,1-4H3,(H,28,33)(H,29,34)(H,30,35)(H,31,32). The predicted octanol–water partition coefficient (Wildman–Crippen LogP) is 2.67. The Labute approximate surface area is 217 Å². The molecule has 0 aliphatic rings. The van der Waals surface area contributed by atoms with Gasteiger partial charge in [0.2, 0.25) is 11.8 Å². The maximum atomic E-state index is 12.6. The summed E-state index contributed by atoms with van der Waals surface area (Å²) in [6.07, 6.45) is -0.969. The van der Waals surface area contributed by atoms with Crippen molar-refractivity contribution in [3.8, 4) is 0 Å². The van der Waals surface area contributed by atoms with Gasteiger partial charge < -0.3 is 30.7 Å². The number of hydrogen-bond donors (Lipinski definition) is 4. The lowest BCUT2D eigenvalue weighted by Crippen LogP contribution is -2.51. The lowest BCUT2D eigenvalue weighted by Gasteiger charge is -2.22. The molecule has 200 valence electrons. The van der Waals surface area contributed by atoms with E-state index in [0.717, 1.165) is 11.1 Å². The third-order valence-electron chi connectivity index (χ3n) is 4.95. The van der Waals surface area contributed by atoms with E-state index in [9.17, 15) is 19.2 Å². The van der Waals surface area contributed by atoms with Gasteiger partial charge in [0.05, 0.1) is 6.04 Å². The number of alkyl carbamates (subject to hydrolysis) is 2. The minimum absolute atomic E-state index is 0.0868. The van der Waals surface area contributed by atoms with Crippen LogP contribution >= 0.6 is 0 Å². The van der Waals surface area contributed by atoms with Crippen LogP contribution in [0.4, 0.5) is 9.59 Å². The minimum atomic E-state index is -0.856. The SMILES string of the molecule is CC(NC(=O)OCc1ccccc1)C(=O)NCC(Cc1ccccc1)NC(=O)CNC(=O)OC(C)(C)C. The lowest BCUT2D eigenvalue weighted by atomic mass is 10.1. The second-order valence-corrected chi connectivity index (χ2v) is 9.48. The van der Waals surface area contributed by atoms with Crippen LogP contribution in [-0.2, 0) is 32.1 Å². The summed E-state index contributed by atoms with van der Waals surface area (Å²) in [4.78, 5) is 48.9. The van der Waals surface area contributed by atoms with Crippen LogP contribution in [0.25, 0.3) is 0 Å². The maximum absolute atomic E-state index is 12.6. The second kappa shape index (κ2) is 14.5. The van der Waals surface area contributed by atoms with Crippen LogP contribution in [0.3, 0.4) is 0 Å².